The molecule has 1 aliphatic heterocycles. The minimum absolute atomic E-state index is 0.0892. The van der Waals surface area contributed by atoms with Crippen LogP contribution in [0.2, 0.25) is 0 Å². The smallest absolute Gasteiger partial charge is 0.238 e. The van der Waals surface area contributed by atoms with E-state index >= 15 is 0 Å². The van der Waals surface area contributed by atoms with Crippen LogP contribution in [0.25, 0.3) is 11.0 Å². The van der Waals surface area contributed by atoms with Crippen molar-refractivity contribution in [3.63, 3.8) is 0 Å². The van der Waals surface area contributed by atoms with Crippen LogP contribution in [0.1, 0.15) is 12.1 Å². The van der Waals surface area contributed by atoms with E-state index in [1.807, 2.05) is 33.3 Å². The molecular formula is C23H29N11O2. The Morgan fingerprint density at radius 1 is 1.17 bits per heavy atom. The van der Waals surface area contributed by atoms with Gasteiger partial charge in [0.25, 0.3) is 0 Å². The fourth-order valence-electron chi connectivity index (χ4n) is 4.20. The number of rotatable bonds is 8. The van der Waals surface area contributed by atoms with E-state index in [4.69, 9.17) is 4.74 Å². The highest BCUT2D eigenvalue weighted by molar-refractivity contribution is 5.93. The van der Waals surface area contributed by atoms with E-state index in [9.17, 15) is 4.79 Å². The second-order valence-corrected chi connectivity index (χ2v) is 8.84. The molecule has 0 unspecified atom stereocenters. The molecular weight excluding hydrogens is 462 g/mol. The zero-order chi connectivity index (χ0) is 25.2. The van der Waals surface area contributed by atoms with Gasteiger partial charge in [0.05, 0.1) is 53.2 Å². The Morgan fingerprint density at radius 2 is 2.03 bits per heavy atom. The first-order valence-corrected chi connectivity index (χ1v) is 11.6. The zero-order valence-corrected chi connectivity index (χ0v) is 20.7. The number of aryl methyl sites for hydroxylation is 3. The number of aromatic nitrogens is 7. The van der Waals surface area contributed by atoms with E-state index in [0.29, 0.717) is 29.6 Å². The van der Waals surface area contributed by atoms with Crippen molar-refractivity contribution in [1.82, 2.24) is 39.4 Å². The molecule has 0 bridgehead atoms. The maximum Gasteiger partial charge on any atom is 0.238 e. The average Bonchev–Trinajstić information content (AvgIpc) is 3.55. The Kier molecular flexibility index (Phi) is 6.48. The van der Waals surface area contributed by atoms with Crippen molar-refractivity contribution in [2.24, 2.45) is 14.1 Å². The summed E-state index contributed by atoms with van der Waals surface area (Å²) in [6, 6.07) is 1.85. The summed E-state index contributed by atoms with van der Waals surface area (Å²) in [7, 11) is 5.37. The second kappa shape index (κ2) is 9.87. The van der Waals surface area contributed by atoms with Gasteiger partial charge in [-0.05, 0) is 19.4 Å². The number of amides is 1. The molecule has 3 N–H and O–H groups in total. The fraction of sp³-hybridized carbons (Fsp3) is 0.391. The third kappa shape index (κ3) is 5.11. The first-order chi connectivity index (χ1) is 17.4. The number of hydrogen-bond acceptors (Lipinski definition) is 10. The zero-order valence-electron chi connectivity index (χ0n) is 20.7. The summed E-state index contributed by atoms with van der Waals surface area (Å²) >= 11 is 0. The highest BCUT2D eigenvalue weighted by Gasteiger charge is 2.23. The van der Waals surface area contributed by atoms with Crippen LogP contribution in [0.4, 0.5) is 28.8 Å². The molecule has 188 valence electrons. The lowest BCUT2D eigenvalue weighted by atomic mass is 10.2. The van der Waals surface area contributed by atoms with Gasteiger partial charge in [-0.25, -0.2) is 9.67 Å². The van der Waals surface area contributed by atoms with Gasteiger partial charge in [-0.15, -0.1) is 0 Å². The van der Waals surface area contributed by atoms with Gasteiger partial charge in [0.1, 0.15) is 0 Å². The lowest BCUT2D eigenvalue weighted by Crippen LogP contribution is -2.32. The molecule has 0 aromatic carbocycles. The first-order valence-electron chi connectivity index (χ1n) is 11.6. The summed E-state index contributed by atoms with van der Waals surface area (Å²) in [4.78, 5) is 28.1. The Balaban J connectivity index is 1.30. The molecule has 1 fully saturated rings. The van der Waals surface area contributed by atoms with E-state index in [1.165, 1.54) is 0 Å². The molecule has 1 amide bonds. The van der Waals surface area contributed by atoms with Crippen molar-refractivity contribution in [2.45, 2.75) is 19.4 Å². The molecule has 0 saturated carbocycles. The molecule has 36 heavy (non-hydrogen) atoms. The standard InChI is InChI=1S/C23H29N11O2/c1-14-19(7-15(8-24-14)27-20(35)13-34-6-5-17(12-34)36-4)29-21-18-10-25-23(30-22(18)33(3)31-21)28-16-9-26-32(2)11-16/h7-11,17H,5-6,12-13H2,1-4H3,(H,27,35)(H,29,31)(H,25,28,30)/t17-/m0/s1. The number of pyridine rings is 1. The molecule has 4 aromatic rings. The number of fused-ring (bicyclic) bond motifs is 1. The predicted octanol–water partition coefficient (Wildman–Crippen LogP) is 1.95. The van der Waals surface area contributed by atoms with E-state index in [-0.39, 0.29) is 12.0 Å². The van der Waals surface area contributed by atoms with Gasteiger partial charge in [0.15, 0.2) is 11.5 Å². The molecule has 1 saturated heterocycles. The van der Waals surface area contributed by atoms with Crippen LogP contribution in [0.5, 0.6) is 0 Å². The number of anilines is 5. The first kappa shape index (κ1) is 23.6. The van der Waals surface area contributed by atoms with Crippen LogP contribution in [0.15, 0.2) is 30.9 Å². The van der Waals surface area contributed by atoms with E-state index < -0.39 is 0 Å². The number of likely N-dealkylation sites (tertiary alicyclic amines) is 1. The van der Waals surface area contributed by atoms with E-state index in [1.54, 1.807) is 35.1 Å². The number of ether oxygens (including phenoxy) is 1. The monoisotopic (exact) mass is 491 g/mol. The van der Waals surface area contributed by atoms with Gasteiger partial charge in [-0.3, -0.25) is 19.4 Å². The minimum Gasteiger partial charge on any atom is -0.380 e. The van der Waals surface area contributed by atoms with Crippen molar-refractivity contribution in [3.8, 4) is 0 Å². The summed E-state index contributed by atoms with van der Waals surface area (Å²) in [6.07, 6.45) is 8.03. The maximum atomic E-state index is 12.6. The third-order valence-corrected chi connectivity index (χ3v) is 6.09. The quantitative estimate of drug-likeness (QED) is 0.335. The Hall–Kier alpha value is -4.10. The van der Waals surface area contributed by atoms with Gasteiger partial charge in [-0.1, -0.05) is 0 Å². The van der Waals surface area contributed by atoms with Gasteiger partial charge < -0.3 is 20.7 Å². The largest absolute Gasteiger partial charge is 0.380 e. The number of hydrogen-bond donors (Lipinski definition) is 3. The lowest BCUT2D eigenvalue weighted by molar-refractivity contribution is -0.117. The SMILES string of the molecule is CO[C@H]1CCN(CC(=O)Nc2cnc(C)c(Nc3nn(C)c4nc(Nc5cnn(C)c5)ncc34)c2)C1. The normalized spacial score (nSPS) is 15.9. The minimum atomic E-state index is -0.0892. The van der Waals surface area contributed by atoms with Crippen LogP contribution in [-0.2, 0) is 23.6 Å². The number of methoxy groups -OCH3 is 1. The summed E-state index contributed by atoms with van der Waals surface area (Å²) in [5.74, 6) is 0.951. The molecule has 4 aromatic heterocycles. The molecule has 0 spiro atoms. The number of nitrogens with zero attached hydrogens (tertiary/aromatic N) is 8. The van der Waals surface area contributed by atoms with Gasteiger partial charge >= 0.3 is 0 Å². The molecule has 0 aliphatic carbocycles. The second-order valence-electron chi connectivity index (χ2n) is 8.84. The molecule has 1 aliphatic rings. The van der Waals surface area contributed by atoms with Crippen molar-refractivity contribution in [3.05, 3.63) is 36.5 Å². The number of carbonyl (C=O) groups excluding carboxylic acids is 1. The van der Waals surface area contributed by atoms with Crippen LogP contribution >= 0.6 is 0 Å². The number of nitrogens with one attached hydrogen (secondary N) is 3. The van der Waals surface area contributed by atoms with E-state index in [2.05, 4.69) is 46.0 Å². The number of carbonyl (C=O) groups is 1. The summed E-state index contributed by atoms with van der Waals surface area (Å²) in [5, 5.41) is 18.9. The molecule has 13 heteroatoms. The van der Waals surface area contributed by atoms with Gasteiger partial charge in [0.2, 0.25) is 11.9 Å². The highest BCUT2D eigenvalue weighted by atomic mass is 16.5. The van der Waals surface area contributed by atoms with Crippen LogP contribution in [-0.4, -0.2) is 78.2 Å². The Morgan fingerprint density at radius 3 is 2.78 bits per heavy atom. The van der Waals surface area contributed by atoms with Crippen LogP contribution in [0.3, 0.4) is 0 Å². The lowest BCUT2D eigenvalue weighted by Gasteiger charge is -2.15. The summed E-state index contributed by atoms with van der Waals surface area (Å²) in [5.41, 5.74) is 3.56. The van der Waals surface area contributed by atoms with Crippen LogP contribution < -0.4 is 16.0 Å². The topological polar surface area (TPSA) is 140 Å². The van der Waals surface area contributed by atoms with Crippen molar-refractivity contribution in [1.29, 1.82) is 0 Å². The molecule has 13 nitrogen and oxygen atoms in total. The molecule has 5 heterocycles. The maximum absolute atomic E-state index is 12.6. The Bertz CT molecular complexity index is 1400. The van der Waals surface area contributed by atoms with Gasteiger partial charge in [0, 0.05) is 46.7 Å². The van der Waals surface area contributed by atoms with Gasteiger partial charge in [-0.2, -0.15) is 15.2 Å². The predicted molar refractivity (Wildman–Crippen MR) is 136 cm³/mol. The molecule has 5 rings (SSSR count). The van der Waals surface area contributed by atoms with E-state index in [0.717, 1.165) is 42.0 Å². The highest BCUT2D eigenvalue weighted by Crippen LogP contribution is 2.27. The fourth-order valence-corrected chi connectivity index (χ4v) is 4.20. The Labute approximate surface area is 207 Å². The average molecular weight is 492 g/mol. The van der Waals surface area contributed by atoms with Crippen LogP contribution in [0, 0.1) is 6.92 Å². The third-order valence-electron chi connectivity index (χ3n) is 6.09. The molecule has 1 atom stereocenters. The van der Waals surface area contributed by atoms with Crippen molar-refractivity contribution in [2.75, 3.05) is 42.7 Å². The molecule has 0 radical (unpaired) electrons. The summed E-state index contributed by atoms with van der Waals surface area (Å²) in [6.45, 7) is 3.81. The summed E-state index contributed by atoms with van der Waals surface area (Å²) < 4.78 is 8.76. The van der Waals surface area contributed by atoms with Crippen molar-refractivity contribution >= 4 is 45.8 Å². The van der Waals surface area contributed by atoms with Crippen molar-refractivity contribution < 1.29 is 9.53 Å².